The fourth-order valence-electron chi connectivity index (χ4n) is 2.66. The molecule has 11 heteroatoms. The highest BCUT2D eigenvalue weighted by Gasteiger charge is 2.63. The monoisotopic (exact) mass is 441 g/mol. The number of furan rings is 1. The van der Waals surface area contributed by atoms with Crippen molar-refractivity contribution in [2.75, 3.05) is 0 Å². The van der Waals surface area contributed by atoms with Crippen molar-refractivity contribution in [2.24, 2.45) is 5.16 Å². The predicted octanol–water partition coefficient (Wildman–Crippen LogP) is 5.83. The standard InChI is InChI=1S/C16H9Cl3F3NO4/c1-6-8(14(24)25)4-12(26-6)11-5-15(27-23-11,16(20,21)22)7-2-9(17)13(19)10(18)3-7/h2-4H,5H2,1H3,(H,24,25). The first-order valence-corrected chi connectivity index (χ1v) is 8.40. The zero-order valence-electron chi connectivity index (χ0n) is 13.3. The molecule has 1 atom stereocenters. The van der Waals surface area contributed by atoms with Gasteiger partial charge in [-0.15, -0.1) is 0 Å². The highest BCUT2D eigenvalue weighted by atomic mass is 35.5. The second kappa shape index (κ2) is 6.61. The minimum Gasteiger partial charge on any atom is -0.478 e. The second-order valence-corrected chi connectivity index (χ2v) is 6.96. The molecule has 0 saturated heterocycles. The lowest BCUT2D eigenvalue weighted by atomic mass is 9.87. The minimum absolute atomic E-state index is 0.0299. The Labute approximate surface area is 165 Å². The van der Waals surface area contributed by atoms with E-state index >= 15 is 0 Å². The van der Waals surface area contributed by atoms with E-state index in [0.717, 1.165) is 18.2 Å². The molecule has 2 heterocycles. The number of rotatable bonds is 3. The molecule has 2 aromatic rings. The summed E-state index contributed by atoms with van der Waals surface area (Å²) in [7, 11) is 0. The smallest absolute Gasteiger partial charge is 0.435 e. The zero-order chi connectivity index (χ0) is 20.1. The number of carboxylic acids is 1. The molecule has 1 aliphatic rings. The van der Waals surface area contributed by atoms with Crippen LogP contribution in [0.3, 0.4) is 0 Å². The number of hydrogen-bond donors (Lipinski definition) is 1. The highest BCUT2D eigenvalue weighted by Crippen LogP contribution is 2.50. The van der Waals surface area contributed by atoms with Crippen LogP contribution in [0, 0.1) is 6.92 Å². The molecule has 0 bridgehead atoms. The van der Waals surface area contributed by atoms with Gasteiger partial charge in [0.25, 0.3) is 5.60 Å². The van der Waals surface area contributed by atoms with Crippen LogP contribution in [0.5, 0.6) is 0 Å². The summed E-state index contributed by atoms with van der Waals surface area (Å²) in [5.74, 6) is -1.38. The van der Waals surface area contributed by atoms with E-state index in [1.807, 2.05) is 0 Å². The molecule has 0 spiro atoms. The van der Waals surface area contributed by atoms with E-state index in [1.165, 1.54) is 6.92 Å². The number of carbonyl (C=O) groups is 1. The van der Waals surface area contributed by atoms with E-state index in [2.05, 4.69) is 5.16 Å². The van der Waals surface area contributed by atoms with Gasteiger partial charge in [0.2, 0.25) is 0 Å². The molecule has 0 fully saturated rings. The van der Waals surface area contributed by atoms with Crippen molar-refractivity contribution in [3.63, 3.8) is 0 Å². The van der Waals surface area contributed by atoms with Crippen LogP contribution < -0.4 is 0 Å². The maximum atomic E-state index is 13.9. The molecule has 1 unspecified atom stereocenters. The normalized spacial score (nSPS) is 19.7. The number of halogens is 6. The van der Waals surface area contributed by atoms with Gasteiger partial charge in [-0.05, 0) is 19.1 Å². The van der Waals surface area contributed by atoms with Crippen molar-refractivity contribution in [1.82, 2.24) is 0 Å². The van der Waals surface area contributed by atoms with Gasteiger partial charge in [0.1, 0.15) is 17.0 Å². The maximum absolute atomic E-state index is 13.9. The van der Waals surface area contributed by atoms with Crippen LogP contribution in [0.1, 0.15) is 33.9 Å². The molecule has 1 aromatic heterocycles. The number of alkyl halides is 3. The lowest BCUT2D eigenvalue weighted by Gasteiger charge is -2.29. The van der Waals surface area contributed by atoms with Gasteiger partial charge in [-0.25, -0.2) is 4.79 Å². The van der Waals surface area contributed by atoms with Crippen LogP contribution >= 0.6 is 34.8 Å². The molecular formula is C16H9Cl3F3NO4. The summed E-state index contributed by atoms with van der Waals surface area (Å²) < 4.78 is 47.0. The van der Waals surface area contributed by atoms with Gasteiger partial charge >= 0.3 is 12.1 Å². The third-order valence-corrected chi connectivity index (χ3v) is 5.27. The van der Waals surface area contributed by atoms with Gasteiger partial charge < -0.3 is 14.4 Å². The Kier molecular flexibility index (Phi) is 4.86. The van der Waals surface area contributed by atoms with E-state index in [4.69, 9.17) is 49.2 Å². The van der Waals surface area contributed by atoms with Crippen LogP contribution in [0.25, 0.3) is 0 Å². The lowest BCUT2D eigenvalue weighted by molar-refractivity contribution is -0.275. The number of hydrogen-bond acceptors (Lipinski definition) is 4. The van der Waals surface area contributed by atoms with Crippen molar-refractivity contribution >= 4 is 46.5 Å². The number of aromatic carboxylic acids is 1. The average molecular weight is 443 g/mol. The Balaban J connectivity index is 2.06. The Morgan fingerprint density at radius 1 is 1.22 bits per heavy atom. The van der Waals surface area contributed by atoms with Crippen molar-refractivity contribution in [2.45, 2.75) is 25.1 Å². The first-order valence-electron chi connectivity index (χ1n) is 7.27. The summed E-state index contributed by atoms with van der Waals surface area (Å²) >= 11 is 17.5. The molecule has 3 rings (SSSR count). The molecule has 1 N–H and O–H groups in total. The maximum Gasteiger partial charge on any atom is 0.435 e. The first kappa shape index (κ1) is 19.9. The van der Waals surface area contributed by atoms with Gasteiger partial charge in [0.15, 0.2) is 5.76 Å². The second-order valence-electron chi connectivity index (χ2n) is 5.77. The topological polar surface area (TPSA) is 72.0 Å². The number of oxime groups is 1. The average Bonchev–Trinajstić information content (AvgIpc) is 3.16. The Hall–Kier alpha value is -1.90. The van der Waals surface area contributed by atoms with Crippen LogP contribution in [0.15, 0.2) is 27.8 Å². The van der Waals surface area contributed by atoms with E-state index in [1.54, 1.807) is 0 Å². The quantitative estimate of drug-likeness (QED) is 0.607. The molecule has 1 aromatic carbocycles. The van der Waals surface area contributed by atoms with E-state index in [0.29, 0.717) is 0 Å². The van der Waals surface area contributed by atoms with E-state index in [9.17, 15) is 18.0 Å². The van der Waals surface area contributed by atoms with Crippen molar-refractivity contribution in [3.05, 3.63) is 55.9 Å². The van der Waals surface area contributed by atoms with Crippen LogP contribution in [-0.4, -0.2) is 23.0 Å². The van der Waals surface area contributed by atoms with Gasteiger partial charge in [-0.1, -0.05) is 40.0 Å². The summed E-state index contributed by atoms with van der Waals surface area (Å²) in [5.41, 5.74) is -3.65. The third kappa shape index (κ3) is 3.26. The summed E-state index contributed by atoms with van der Waals surface area (Å²) in [6.45, 7) is 1.37. The Bertz CT molecular complexity index is 947. The predicted molar refractivity (Wildman–Crippen MR) is 91.8 cm³/mol. The zero-order valence-corrected chi connectivity index (χ0v) is 15.6. The van der Waals surface area contributed by atoms with Gasteiger partial charge in [-0.3, -0.25) is 0 Å². The van der Waals surface area contributed by atoms with Crippen LogP contribution in [0.4, 0.5) is 13.2 Å². The summed E-state index contributed by atoms with van der Waals surface area (Å²) in [6, 6.07) is 3.09. The molecule has 0 saturated carbocycles. The molecule has 0 radical (unpaired) electrons. The molecule has 0 aliphatic carbocycles. The van der Waals surface area contributed by atoms with Gasteiger partial charge in [-0.2, -0.15) is 13.2 Å². The van der Waals surface area contributed by atoms with Gasteiger partial charge in [0.05, 0.1) is 21.5 Å². The fraction of sp³-hybridized carbons (Fsp3) is 0.250. The molecular weight excluding hydrogens is 434 g/mol. The first-order chi connectivity index (χ1) is 12.5. The molecule has 27 heavy (non-hydrogen) atoms. The largest absolute Gasteiger partial charge is 0.478 e. The SMILES string of the molecule is Cc1oc(C2=NOC(c3cc(Cl)c(Cl)c(Cl)c3)(C(F)(F)F)C2)cc1C(=O)O. The van der Waals surface area contributed by atoms with Crippen molar-refractivity contribution in [3.8, 4) is 0 Å². The van der Waals surface area contributed by atoms with Crippen LogP contribution in [0.2, 0.25) is 15.1 Å². The van der Waals surface area contributed by atoms with E-state index in [-0.39, 0.29) is 37.9 Å². The van der Waals surface area contributed by atoms with Gasteiger partial charge in [0, 0.05) is 11.6 Å². The highest BCUT2D eigenvalue weighted by molar-refractivity contribution is 6.48. The minimum atomic E-state index is -4.89. The third-order valence-electron chi connectivity index (χ3n) is 4.07. The van der Waals surface area contributed by atoms with E-state index < -0.39 is 29.7 Å². The number of nitrogens with zero attached hydrogens (tertiary/aromatic N) is 1. The summed E-state index contributed by atoms with van der Waals surface area (Å²) in [5, 5.41) is 12.1. The fourth-order valence-corrected chi connectivity index (χ4v) is 3.26. The Morgan fingerprint density at radius 3 is 2.30 bits per heavy atom. The molecule has 5 nitrogen and oxygen atoms in total. The van der Waals surface area contributed by atoms with Crippen molar-refractivity contribution < 1.29 is 32.3 Å². The number of carboxylic acid groups (broad SMARTS) is 1. The summed E-state index contributed by atoms with van der Waals surface area (Å²) in [6.07, 6.45) is -5.66. The Morgan fingerprint density at radius 2 is 1.81 bits per heavy atom. The number of benzene rings is 1. The molecule has 144 valence electrons. The van der Waals surface area contributed by atoms with Crippen LogP contribution in [-0.2, 0) is 10.4 Å². The molecule has 1 aliphatic heterocycles. The lowest BCUT2D eigenvalue weighted by Crippen LogP contribution is -2.42. The van der Waals surface area contributed by atoms with Crippen molar-refractivity contribution in [1.29, 1.82) is 0 Å². The number of aryl methyl sites for hydroxylation is 1. The molecule has 0 amide bonds. The summed E-state index contributed by atoms with van der Waals surface area (Å²) in [4.78, 5) is 15.9.